The van der Waals surface area contributed by atoms with E-state index >= 15 is 0 Å². The van der Waals surface area contributed by atoms with E-state index in [9.17, 15) is 19.2 Å². The fourth-order valence-electron chi connectivity index (χ4n) is 2.29. The Morgan fingerprint density at radius 1 is 1.29 bits per heavy atom. The van der Waals surface area contributed by atoms with E-state index in [1.165, 1.54) is 11.8 Å². The molecule has 1 aliphatic rings. The third-order valence-electron chi connectivity index (χ3n) is 3.19. The summed E-state index contributed by atoms with van der Waals surface area (Å²) in [6.45, 7) is 3.88. The standard InChI is InChI=1S/C13H21N3O5/c1-8(6-12(19)20)5-11(18)15-13(21)16-4-3-10(7-16)14-9(2)17/h8,10H,3-7H2,1-2H3,(H,14,17)(H,19,20)(H,15,18,21). The lowest BCUT2D eigenvalue weighted by molar-refractivity contribution is -0.138. The van der Waals surface area contributed by atoms with E-state index in [2.05, 4.69) is 10.6 Å². The number of rotatable bonds is 5. The predicted molar refractivity (Wildman–Crippen MR) is 73.4 cm³/mol. The van der Waals surface area contributed by atoms with Crippen LogP contribution in [0.25, 0.3) is 0 Å². The summed E-state index contributed by atoms with van der Waals surface area (Å²) < 4.78 is 0. The molecule has 0 bridgehead atoms. The van der Waals surface area contributed by atoms with Crippen LogP contribution >= 0.6 is 0 Å². The lowest BCUT2D eigenvalue weighted by atomic mass is 10.0. The zero-order valence-corrected chi connectivity index (χ0v) is 12.2. The van der Waals surface area contributed by atoms with Crippen LogP contribution < -0.4 is 10.6 Å². The summed E-state index contributed by atoms with van der Waals surface area (Å²) in [6, 6.07) is -0.593. The van der Waals surface area contributed by atoms with Gasteiger partial charge in [0.25, 0.3) is 0 Å². The van der Waals surface area contributed by atoms with Crippen molar-refractivity contribution in [2.45, 2.75) is 39.2 Å². The van der Waals surface area contributed by atoms with Crippen molar-refractivity contribution in [1.29, 1.82) is 0 Å². The minimum atomic E-state index is -0.973. The smallest absolute Gasteiger partial charge is 0.324 e. The van der Waals surface area contributed by atoms with Crippen LogP contribution in [0.3, 0.4) is 0 Å². The van der Waals surface area contributed by atoms with E-state index in [1.807, 2.05) is 0 Å². The van der Waals surface area contributed by atoms with Crippen LogP contribution in [0.4, 0.5) is 4.79 Å². The number of carboxylic acid groups (broad SMARTS) is 1. The van der Waals surface area contributed by atoms with Crippen LogP contribution in [0, 0.1) is 5.92 Å². The van der Waals surface area contributed by atoms with Crippen LogP contribution in [-0.2, 0) is 14.4 Å². The van der Waals surface area contributed by atoms with Gasteiger partial charge in [0.2, 0.25) is 11.8 Å². The molecule has 0 aromatic carbocycles. The summed E-state index contributed by atoms with van der Waals surface area (Å²) in [7, 11) is 0. The number of aliphatic carboxylic acids is 1. The van der Waals surface area contributed by atoms with Gasteiger partial charge in [0.05, 0.1) is 0 Å². The Bertz CT molecular complexity index is 438. The molecular weight excluding hydrogens is 278 g/mol. The third-order valence-corrected chi connectivity index (χ3v) is 3.19. The molecule has 8 nitrogen and oxygen atoms in total. The number of nitrogens with zero attached hydrogens (tertiary/aromatic N) is 1. The van der Waals surface area contributed by atoms with Crippen molar-refractivity contribution < 1.29 is 24.3 Å². The SMILES string of the molecule is CC(=O)NC1CCN(C(=O)NC(=O)CC(C)CC(=O)O)C1. The molecule has 1 saturated heterocycles. The number of hydrogen-bond acceptors (Lipinski definition) is 4. The molecule has 0 spiro atoms. The number of hydrogen-bond donors (Lipinski definition) is 3. The number of carboxylic acids is 1. The Hall–Kier alpha value is -2.12. The maximum atomic E-state index is 11.9. The molecule has 21 heavy (non-hydrogen) atoms. The van der Waals surface area contributed by atoms with Gasteiger partial charge in [-0.2, -0.15) is 0 Å². The van der Waals surface area contributed by atoms with E-state index in [4.69, 9.17) is 5.11 Å². The first-order valence-corrected chi connectivity index (χ1v) is 6.85. The average Bonchev–Trinajstić information content (AvgIpc) is 2.74. The predicted octanol–water partition coefficient (Wildman–Crippen LogP) is -0.0661. The van der Waals surface area contributed by atoms with Crippen LogP contribution in [0.2, 0.25) is 0 Å². The molecule has 118 valence electrons. The van der Waals surface area contributed by atoms with E-state index in [1.54, 1.807) is 6.92 Å². The average molecular weight is 299 g/mol. The van der Waals surface area contributed by atoms with Gasteiger partial charge in [-0.15, -0.1) is 0 Å². The minimum Gasteiger partial charge on any atom is -0.481 e. The highest BCUT2D eigenvalue weighted by Gasteiger charge is 2.27. The molecule has 1 rings (SSSR count). The topological polar surface area (TPSA) is 116 Å². The number of likely N-dealkylation sites (tertiary alicyclic amines) is 1. The molecule has 0 saturated carbocycles. The van der Waals surface area contributed by atoms with Crippen LogP contribution in [0.1, 0.15) is 33.1 Å². The summed E-state index contributed by atoms with van der Waals surface area (Å²) in [5.41, 5.74) is 0. The number of carbonyl (C=O) groups is 4. The second-order valence-corrected chi connectivity index (χ2v) is 5.39. The van der Waals surface area contributed by atoms with E-state index in [-0.39, 0.29) is 30.7 Å². The van der Waals surface area contributed by atoms with Gasteiger partial charge in [-0.3, -0.25) is 19.7 Å². The highest BCUT2D eigenvalue weighted by Crippen LogP contribution is 2.10. The molecule has 0 radical (unpaired) electrons. The van der Waals surface area contributed by atoms with Crippen molar-refractivity contribution in [3.05, 3.63) is 0 Å². The number of carbonyl (C=O) groups excluding carboxylic acids is 3. The molecule has 2 atom stereocenters. The molecule has 1 fully saturated rings. The van der Waals surface area contributed by atoms with Crippen molar-refractivity contribution in [1.82, 2.24) is 15.5 Å². The zero-order chi connectivity index (χ0) is 16.0. The molecule has 4 amide bonds. The molecule has 1 aliphatic heterocycles. The number of amides is 4. The van der Waals surface area contributed by atoms with Gasteiger partial charge in [0.15, 0.2) is 0 Å². The molecule has 1 heterocycles. The third kappa shape index (κ3) is 6.24. The first kappa shape index (κ1) is 16.9. The van der Waals surface area contributed by atoms with Gasteiger partial charge in [-0.05, 0) is 12.3 Å². The molecule has 3 N–H and O–H groups in total. The van der Waals surface area contributed by atoms with Gasteiger partial charge in [-0.1, -0.05) is 6.92 Å². The fraction of sp³-hybridized carbons (Fsp3) is 0.692. The molecular formula is C13H21N3O5. The molecule has 0 aliphatic carbocycles. The van der Waals surface area contributed by atoms with Crippen LogP contribution in [0.5, 0.6) is 0 Å². The summed E-state index contributed by atoms with van der Waals surface area (Å²) in [6.07, 6.45) is 0.521. The van der Waals surface area contributed by atoms with E-state index < -0.39 is 17.9 Å². The maximum Gasteiger partial charge on any atom is 0.324 e. The Kier molecular flexibility index (Phi) is 6.13. The Morgan fingerprint density at radius 2 is 1.95 bits per heavy atom. The Morgan fingerprint density at radius 3 is 2.52 bits per heavy atom. The van der Waals surface area contributed by atoms with Crippen molar-refractivity contribution in [3.63, 3.8) is 0 Å². The minimum absolute atomic E-state index is 0.0129. The normalized spacial score (nSPS) is 19.0. The van der Waals surface area contributed by atoms with Crippen LogP contribution in [-0.4, -0.2) is 53.0 Å². The Labute approximate surface area is 122 Å². The lowest BCUT2D eigenvalue weighted by Crippen LogP contribution is -2.44. The van der Waals surface area contributed by atoms with Crippen molar-refractivity contribution in [2.24, 2.45) is 5.92 Å². The van der Waals surface area contributed by atoms with Gasteiger partial charge in [-0.25, -0.2) is 4.79 Å². The number of nitrogens with one attached hydrogen (secondary N) is 2. The largest absolute Gasteiger partial charge is 0.481 e. The fourth-order valence-corrected chi connectivity index (χ4v) is 2.29. The second-order valence-electron chi connectivity index (χ2n) is 5.39. The zero-order valence-electron chi connectivity index (χ0n) is 12.2. The van der Waals surface area contributed by atoms with Crippen molar-refractivity contribution in [2.75, 3.05) is 13.1 Å². The highest BCUT2D eigenvalue weighted by molar-refractivity contribution is 5.94. The quantitative estimate of drug-likeness (QED) is 0.657. The van der Waals surface area contributed by atoms with Gasteiger partial charge < -0.3 is 15.3 Å². The molecule has 0 aromatic rings. The van der Waals surface area contributed by atoms with Gasteiger partial charge in [0, 0.05) is 38.9 Å². The van der Waals surface area contributed by atoms with Gasteiger partial charge >= 0.3 is 12.0 Å². The number of imide groups is 1. The molecule has 2 unspecified atom stereocenters. The molecule has 0 aromatic heterocycles. The highest BCUT2D eigenvalue weighted by atomic mass is 16.4. The first-order chi connectivity index (χ1) is 9.77. The lowest BCUT2D eigenvalue weighted by Gasteiger charge is -2.17. The Balaban J connectivity index is 2.35. The van der Waals surface area contributed by atoms with E-state index in [0.717, 1.165) is 0 Å². The van der Waals surface area contributed by atoms with Crippen molar-refractivity contribution in [3.8, 4) is 0 Å². The summed E-state index contributed by atoms with van der Waals surface area (Å²) >= 11 is 0. The maximum absolute atomic E-state index is 11.9. The van der Waals surface area contributed by atoms with E-state index in [0.29, 0.717) is 19.5 Å². The van der Waals surface area contributed by atoms with Crippen molar-refractivity contribution >= 4 is 23.8 Å². The summed E-state index contributed by atoms with van der Waals surface area (Å²) in [5.74, 6) is -1.95. The first-order valence-electron chi connectivity index (χ1n) is 6.85. The molecule has 8 heteroatoms. The van der Waals surface area contributed by atoms with Crippen LogP contribution in [0.15, 0.2) is 0 Å². The summed E-state index contributed by atoms with van der Waals surface area (Å²) in [4.78, 5) is 46.4. The van der Waals surface area contributed by atoms with Gasteiger partial charge in [0.1, 0.15) is 0 Å². The monoisotopic (exact) mass is 299 g/mol. The summed E-state index contributed by atoms with van der Waals surface area (Å²) in [5, 5.41) is 13.6. The second kappa shape index (κ2) is 7.61. The number of urea groups is 1.